The second kappa shape index (κ2) is 6.30. The first-order chi connectivity index (χ1) is 12.0. The fourth-order valence-electron chi connectivity index (χ4n) is 4.50. The van der Waals surface area contributed by atoms with Gasteiger partial charge in [-0.05, 0) is 44.2 Å². The molecule has 25 heavy (non-hydrogen) atoms. The van der Waals surface area contributed by atoms with Gasteiger partial charge in [-0.1, -0.05) is 23.8 Å². The van der Waals surface area contributed by atoms with Crippen molar-refractivity contribution in [3.05, 3.63) is 53.1 Å². The highest BCUT2D eigenvalue weighted by molar-refractivity contribution is 5.92. The molecule has 0 saturated carbocycles. The van der Waals surface area contributed by atoms with Gasteiger partial charge in [0.15, 0.2) is 0 Å². The quantitative estimate of drug-likeness (QED) is 0.932. The van der Waals surface area contributed by atoms with Crippen LogP contribution in [-0.2, 0) is 13.6 Å². The van der Waals surface area contributed by atoms with Crippen LogP contribution in [0, 0.1) is 13.8 Å². The molecule has 0 spiro atoms. The second-order valence-corrected chi connectivity index (χ2v) is 7.64. The van der Waals surface area contributed by atoms with Crippen molar-refractivity contribution in [3.63, 3.8) is 0 Å². The summed E-state index contributed by atoms with van der Waals surface area (Å²) in [6, 6.07) is 7.97. The molecule has 1 aromatic heterocycles. The van der Waals surface area contributed by atoms with E-state index >= 15 is 0 Å². The molecule has 1 amide bonds. The van der Waals surface area contributed by atoms with Gasteiger partial charge in [0.25, 0.3) is 5.91 Å². The summed E-state index contributed by atoms with van der Waals surface area (Å²) in [6.45, 7) is 5.32. The van der Waals surface area contributed by atoms with E-state index in [1.165, 1.54) is 29.5 Å². The number of aryl methyl sites for hydroxylation is 3. The van der Waals surface area contributed by atoms with Crippen molar-refractivity contribution in [2.24, 2.45) is 7.05 Å². The van der Waals surface area contributed by atoms with Crippen molar-refractivity contribution in [3.8, 4) is 0 Å². The molecular formula is C20H26N4O. The standard InChI is InChI=1S/C20H26N4O/c1-13-4-5-15(14(2)8-13)10-24-16-6-7-19(24)17(9-16)22-20(25)18-11-23(3)12-21-18/h4-5,8,11-12,16-17,19H,6-7,9-10H2,1-3H3,(H,22,25)/t16-,17+,19+/m1/s1. The minimum Gasteiger partial charge on any atom is -0.346 e. The lowest BCUT2D eigenvalue weighted by atomic mass is 9.95. The molecule has 2 saturated heterocycles. The third-order valence-corrected chi connectivity index (χ3v) is 5.79. The van der Waals surface area contributed by atoms with E-state index in [2.05, 4.69) is 47.2 Å². The van der Waals surface area contributed by atoms with Gasteiger partial charge in [0.2, 0.25) is 0 Å². The van der Waals surface area contributed by atoms with Crippen molar-refractivity contribution in [2.75, 3.05) is 0 Å². The minimum atomic E-state index is -0.0513. The van der Waals surface area contributed by atoms with E-state index in [-0.39, 0.29) is 11.9 Å². The van der Waals surface area contributed by atoms with Gasteiger partial charge in [-0.2, -0.15) is 0 Å². The first kappa shape index (κ1) is 16.3. The number of amides is 1. The molecular weight excluding hydrogens is 312 g/mol. The Bertz CT molecular complexity index is 797. The summed E-state index contributed by atoms with van der Waals surface area (Å²) in [6.07, 6.45) is 6.90. The molecule has 4 rings (SSSR count). The molecule has 2 bridgehead atoms. The van der Waals surface area contributed by atoms with Crippen LogP contribution in [0.2, 0.25) is 0 Å². The molecule has 5 nitrogen and oxygen atoms in total. The molecule has 3 heterocycles. The Balaban J connectivity index is 1.45. The van der Waals surface area contributed by atoms with Crippen molar-refractivity contribution in [1.29, 1.82) is 0 Å². The molecule has 132 valence electrons. The van der Waals surface area contributed by atoms with Gasteiger partial charge in [-0.3, -0.25) is 9.69 Å². The molecule has 0 radical (unpaired) electrons. The molecule has 1 aromatic carbocycles. The Labute approximate surface area is 149 Å². The number of imidazole rings is 1. The SMILES string of the molecule is Cc1ccc(CN2[C@@H]3CC[C@H]2[C@@H](NC(=O)c2cn(C)cn2)C3)c(C)c1. The highest BCUT2D eigenvalue weighted by Gasteiger charge is 2.46. The number of hydrogen-bond acceptors (Lipinski definition) is 3. The summed E-state index contributed by atoms with van der Waals surface area (Å²) in [5.41, 5.74) is 4.58. The maximum atomic E-state index is 12.4. The number of hydrogen-bond donors (Lipinski definition) is 1. The number of nitrogens with zero attached hydrogens (tertiary/aromatic N) is 3. The number of rotatable bonds is 4. The molecule has 0 aliphatic carbocycles. The zero-order valence-corrected chi connectivity index (χ0v) is 15.2. The Hall–Kier alpha value is -2.14. The summed E-state index contributed by atoms with van der Waals surface area (Å²) >= 11 is 0. The maximum Gasteiger partial charge on any atom is 0.271 e. The summed E-state index contributed by atoms with van der Waals surface area (Å²) in [5, 5.41) is 3.22. The molecule has 5 heteroatoms. The summed E-state index contributed by atoms with van der Waals surface area (Å²) in [4.78, 5) is 19.2. The van der Waals surface area contributed by atoms with E-state index in [0.29, 0.717) is 17.8 Å². The number of benzene rings is 1. The lowest BCUT2D eigenvalue weighted by Gasteiger charge is -2.25. The topological polar surface area (TPSA) is 50.2 Å². The zero-order chi connectivity index (χ0) is 17.6. The highest BCUT2D eigenvalue weighted by Crippen LogP contribution is 2.39. The Morgan fingerprint density at radius 1 is 1.32 bits per heavy atom. The van der Waals surface area contributed by atoms with Crippen molar-refractivity contribution >= 4 is 5.91 Å². The van der Waals surface area contributed by atoms with Crippen LogP contribution in [0.1, 0.15) is 46.4 Å². The van der Waals surface area contributed by atoms with Crippen LogP contribution in [0.3, 0.4) is 0 Å². The number of carbonyl (C=O) groups is 1. The lowest BCUT2D eigenvalue weighted by Crippen LogP contribution is -2.43. The van der Waals surface area contributed by atoms with Gasteiger partial charge in [-0.25, -0.2) is 4.98 Å². The number of carbonyl (C=O) groups excluding carboxylic acids is 1. The van der Waals surface area contributed by atoms with Crippen LogP contribution in [0.15, 0.2) is 30.7 Å². The summed E-state index contributed by atoms with van der Waals surface area (Å²) < 4.78 is 1.81. The van der Waals surface area contributed by atoms with Crippen molar-refractivity contribution in [1.82, 2.24) is 19.8 Å². The van der Waals surface area contributed by atoms with E-state index in [0.717, 1.165) is 13.0 Å². The number of nitrogens with one attached hydrogen (secondary N) is 1. The molecule has 2 aromatic rings. The third-order valence-electron chi connectivity index (χ3n) is 5.79. The smallest absolute Gasteiger partial charge is 0.271 e. The molecule has 2 fully saturated rings. The van der Waals surface area contributed by atoms with Gasteiger partial charge >= 0.3 is 0 Å². The van der Waals surface area contributed by atoms with Crippen molar-refractivity contribution in [2.45, 2.75) is 57.8 Å². The number of aromatic nitrogens is 2. The lowest BCUT2D eigenvalue weighted by molar-refractivity contribution is 0.0920. The van der Waals surface area contributed by atoms with Crippen LogP contribution in [0.4, 0.5) is 0 Å². The molecule has 0 unspecified atom stereocenters. The summed E-state index contributed by atoms with van der Waals surface area (Å²) in [7, 11) is 1.88. The zero-order valence-electron chi connectivity index (χ0n) is 15.2. The van der Waals surface area contributed by atoms with Crippen LogP contribution >= 0.6 is 0 Å². The molecule has 1 N–H and O–H groups in total. The van der Waals surface area contributed by atoms with Gasteiger partial charge in [0.1, 0.15) is 5.69 Å². The maximum absolute atomic E-state index is 12.4. The average Bonchev–Trinajstić information content (AvgIpc) is 3.25. The Kier molecular flexibility index (Phi) is 4.12. The minimum absolute atomic E-state index is 0.0513. The van der Waals surface area contributed by atoms with Crippen LogP contribution < -0.4 is 5.32 Å². The van der Waals surface area contributed by atoms with Gasteiger partial charge < -0.3 is 9.88 Å². The van der Waals surface area contributed by atoms with Crippen LogP contribution in [0.25, 0.3) is 0 Å². The fourth-order valence-corrected chi connectivity index (χ4v) is 4.50. The molecule has 3 atom stereocenters. The highest BCUT2D eigenvalue weighted by atomic mass is 16.2. The Morgan fingerprint density at radius 3 is 2.88 bits per heavy atom. The van der Waals surface area contributed by atoms with Crippen molar-refractivity contribution < 1.29 is 4.79 Å². The normalized spacial score (nSPS) is 25.5. The molecule has 2 aliphatic heterocycles. The first-order valence-corrected chi connectivity index (χ1v) is 9.12. The molecule has 2 aliphatic rings. The number of fused-ring (bicyclic) bond motifs is 2. The van der Waals surface area contributed by atoms with Crippen LogP contribution in [-0.4, -0.2) is 38.5 Å². The van der Waals surface area contributed by atoms with E-state index in [1.54, 1.807) is 12.5 Å². The van der Waals surface area contributed by atoms with Gasteiger partial charge in [0.05, 0.1) is 6.33 Å². The Morgan fingerprint density at radius 2 is 2.16 bits per heavy atom. The average molecular weight is 338 g/mol. The van der Waals surface area contributed by atoms with E-state index in [4.69, 9.17) is 0 Å². The van der Waals surface area contributed by atoms with E-state index in [9.17, 15) is 4.79 Å². The van der Waals surface area contributed by atoms with E-state index in [1.807, 2.05) is 11.6 Å². The monoisotopic (exact) mass is 338 g/mol. The second-order valence-electron chi connectivity index (χ2n) is 7.64. The van der Waals surface area contributed by atoms with Crippen LogP contribution in [0.5, 0.6) is 0 Å². The largest absolute Gasteiger partial charge is 0.346 e. The predicted molar refractivity (Wildman–Crippen MR) is 97.3 cm³/mol. The predicted octanol–water partition coefficient (Wildman–Crippen LogP) is 2.57. The third kappa shape index (κ3) is 3.09. The van der Waals surface area contributed by atoms with Gasteiger partial charge in [-0.15, -0.1) is 0 Å². The van der Waals surface area contributed by atoms with E-state index < -0.39 is 0 Å². The fraction of sp³-hybridized carbons (Fsp3) is 0.500. The first-order valence-electron chi connectivity index (χ1n) is 9.12. The van der Waals surface area contributed by atoms with Gasteiger partial charge in [0, 0.05) is 37.9 Å². The summed E-state index contributed by atoms with van der Waals surface area (Å²) in [5.74, 6) is -0.0513.